The summed E-state index contributed by atoms with van der Waals surface area (Å²) in [5, 5.41) is 6.35. The van der Waals surface area contributed by atoms with E-state index in [0.717, 1.165) is 5.56 Å². The van der Waals surface area contributed by atoms with Crippen molar-refractivity contribution in [1.29, 1.82) is 0 Å². The van der Waals surface area contributed by atoms with Crippen LogP contribution in [-0.2, 0) is 6.42 Å². The molecule has 0 aliphatic carbocycles. The molecule has 4 rings (SSSR count). The molecule has 10 nitrogen and oxygen atoms in total. The molecule has 0 radical (unpaired) electrons. The van der Waals surface area contributed by atoms with E-state index >= 15 is 0 Å². The predicted molar refractivity (Wildman–Crippen MR) is 134 cm³/mol. The Morgan fingerprint density at radius 1 is 0.971 bits per heavy atom. The van der Waals surface area contributed by atoms with Crippen LogP contribution in [0.1, 0.15) is 50.5 Å². The Kier molecular flexibility index (Phi) is 6.63. The molecule has 0 aliphatic heterocycles. The Labute approximate surface area is 202 Å². The van der Waals surface area contributed by atoms with E-state index in [-0.39, 0.29) is 29.2 Å². The van der Waals surface area contributed by atoms with E-state index in [1.54, 1.807) is 44.4 Å². The second kappa shape index (κ2) is 9.65. The van der Waals surface area contributed by atoms with Crippen LogP contribution in [0.5, 0.6) is 0 Å². The molecule has 0 saturated heterocycles. The summed E-state index contributed by atoms with van der Waals surface area (Å²) in [6, 6.07) is 5.62. The number of aryl methyl sites for hydroxylation is 2. The summed E-state index contributed by atoms with van der Waals surface area (Å²) in [5.74, 6) is 0.768. The van der Waals surface area contributed by atoms with Crippen molar-refractivity contribution in [3.8, 4) is 11.9 Å². The lowest BCUT2D eigenvalue weighted by Crippen LogP contribution is -2.26. The number of anilines is 2. The monoisotopic (exact) mass is 478 g/mol. The maximum atomic E-state index is 13.1. The van der Waals surface area contributed by atoms with Gasteiger partial charge in [0.1, 0.15) is 23.3 Å². The molecular formula is C25H30N6O4. The van der Waals surface area contributed by atoms with Crippen LogP contribution in [0.4, 0.5) is 11.4 Å². The first-order valence-corrected chi connectivity index (χ1v) is 11.5. The molecule has 0 fully saturated rings. The molecular weight excluding hydrogens is 448 g/mol. The highest BCUT2D eigenvalue weighted by atomic mass is 16.4. The van der Waals surface area contributed by atoms with Crippen molar-refractivity contribution in [2.45, 2.75) is 60.0 Å². The number of rotatable bonds is 8. The lowest BCUT2D eigenvalue weighted by atomic mass is 10.1. The number of nitrogens with zero attached hydrogens (tertiary/aromatic N) is 4. The largest absolute Gasteiger partial charge is 0.431 e. The summed E-state index contributed by atoms with van der Waals surface area (Å²) >= 11 is 0. The average Bonchev–Trinajstić information content (AvgIpc) is 3.36. The van der Waals surface area contributed by atoms with Gasteiger partial charge in [0.05, 0.1) is 5.69 Å². The molecule has 0 bridgehead atoms. The van der Waals surface area contributed by atoms with Gasteiger partial charge in [0.15, 0.2) is 5.89 Å². The molecule has 10 heteroatoms. The normalized spacial score (nSPS) is 11.4. The van der Waals surface area contributed by atoms with Crippen molar-refractivity contribution in [3.63, 3.8) is 0 Å². The number of nitrogens with one attached hydrogen (secondary N) is 2. The maximum absolute atomic E-state index is 13.1. The van der Waals surface area contributed by atoms with Crippen LogP contribution in [-0.4, -0.2) is 31.2 Å². The molecule has 0 aromatic carbocycles. The van der Waals surface area contributed by atoms with Gasteiger partial charge < -0.3 is 19.5 Å². The van der Waals surface area contributed by atoms with Gasteiger partial charge in [-0.2, -0.15) is 4.98 Å². The number of pyridine rings is 2. The van der Waals surface area contributed by atoms with Gasteiger partial charge in [-0.1, -0.05) is 0 Å². The van der Waals surface area contributed by atoms with Crippen molar-refractivity contribution in [1.82, 2.24) is 19.1 Å². The molecule has 2 N–H and O–H groups in total. The fourth-order valence-electron chi connectivity index (χ4n) is 3.78. The summed E-state index contributed by atoms with van der Waals surface area (Å²) < 4.78 is 14.2. The van der Waals surface area contributed by atoms with Gasteiger partial charge in [-0.05, 0) is 58.4 Å². The first-order chi connectivity index (χ1) is 16.6. The number of hydrogen-bond donors (Lipinski definition) is 2. The smallest absolute Gasteiger partial charge is 0.308 e. The van der Waals surface area contributed by atoms with E-state index in [1.807, 2.05) is 27.7 Å². The van der Waals surface area contributed by atoms with E-state index in [4.69, 9.17) is 8.83 Å². The molecule has 0 unspecified atom stereocenters. The lowest BCUT2D eigenvalue weighted by Gasteiger charge is -2.14. The Morgan fingerprint density at radius 3 is 2.31 bits per heavy atom. The summed E-state index contributed by atoms with van der Waals surface area (Å²) in [7, 11) is 0. The number of oxazole rings is 2. The molecule has 0 aliphatic rings. The van der Waals surface area contributed by atoms with Gasteiger partial charge in [0.2, 0.25) is 5.88 Å². The fraction of sp³-hybridized carbons (Fsp3) is 0.360. The quantitative estimate of drug-likeness (QED) is 0.392. The van der Waals surface area contributed by atoms with Crippen LogP contribution in [0.25, 0.3) is 11.9 Å². The minimum atomic E-state index is -0.274. The summed E-state index contributed by atoms with van der Waals surface area (Å²) in [4.78, 5) is 35.1. The number of aromatic nitrogens is 4. The maximum Gasteiger partial charge on any atom is 0.308 e. The molecule has 184 valence electrons. The average molecular weight is 479 g/mol. The van der Waals surface area contributed by atoms with Gasteiger partial charge in [0, 0.05) is 37.8 Å². The Bertz CT molecular complexity index is 1460. The summed E-state index contributed by atoms with van der Waals surface area (Å²) in [6.45, 7) is 11.4. The third kappa shape index (κ3) is 5.21. The standard InChI is InChI=1S/C25H30N6O4/c1-14(2)26-19-8-7-9-30(22(19)32)24-21(29-17(6)35-24)11-18-10-20(27-15(3)4)23(33)31(12-18)25-28-16(5)13-34-25/h7-10,12-15,26-27H,11H2,1-6H3. The zero-order valence-corrected chi connectivity index (χ0v) is 20.7. The molecule has 0 spiro atoms. The van der Waals surface area contributed by atoms with Gasteiger partial charge >= 0.3 is 6.01 Å². The highest BCUT2D eigenvalue weighted by Gasteiger charge is 2.19. The molecule has 4 aromatic rings. The van der Waals surface area contributed by atoms with Crippen molar-refractivity contribution >= 4 is 11.4 Å². The fourth-order valence-corrected chi connectivity index (χ4v) is 3.78. The third-order valence-corrected chi connectivity index (χ3v) is 5.10. The van der Waals surface area contributed by atoms with Crippen molar-refractivity contribution in [2.24, 2.45) is 0 Å². The van der Waals surface area contributed by atoms with Gasteiger partial charge in [-0.15, -0.1) is 0 Å². The van der Waals surface area contributed by atoms with Crippen molar-refractivity contribution in [3.05, 3.63) is 80.4 Å². The topological polar surface area (TPSA) is 120 Å². The predicted octanol–water partition coefficient (Wildman–Crippen LogP) is 3.81. The first-order valence-electron chi connectivity index (χ1n) is 11.5. The Hall–Kier alpha value is -4.08. The minimum absolute atomic E-state index is 0.0392. The molecule has 0 atom stereocenters. The third-order valence-electron chi connectivity index (χ3n) is 5.10. The van der Waals surface area contributed by atoms with E-state index in [9.17, 15) is 9.59 Å². The summed E-state index contributed by atoms with van der Waals surface area (Å²) in [5.41, 5.74) is 2.37. The van der Waals surface area contributed by atoms with E-state index in [0.29, 0.717) is 41.0 Å². The SMILES string of the molecule is Cc1coc(-n2cc(Cc3nc(C)oc3-n3cccc(NC(C)C)c3=O)cc(NC(C)C)c2=O)n1. The van der Waals surface area contributed by atoms with E-state index in [1.165, 1.54) is 15.4 Å². The molecule has 0 saturated carbocycles. The van der Waals surface area contributed by atoms with Gasteiger partial charge in [0.25, 0.3) is 11.1 Å². The molecule has 4 aromatic heterocycles. The zero-order chi connectivity index (χ0) is 25.3. The van der Waals surface area contributed by atoms with Crippen LogP contribution in [0.2, 0.25) is 0 Å². The van der Waals surface area contributed by atoms with E-state index in [2.05, 4.69) is 20.6 Å². The van der Waals surface area contributed by atoms with Crippen LogP contribution < -0.4 is 21.8 Å². The van der Waals surface area contributed by atoms with Crippen LogP contribution in [0.3, 0.4) is 0 Å². The Balaban J connectivity index is 1.80. The second-order valence-electron chi connectivity index (χ2n) is 9.07. The molecule has 0 amide bonds. The highest BCUT2D eigenvalue weighted by Crippen LogP contribution is 2.21. The Morgan fingerprint density at radius 2 is 1.66 bits per heavy atom. The second-order valence-corrected chi connectivity index (χ2v) is 9.07. The van der Waals surface area contributed by atoms with Crippen LogP contribution in [0.15, 0.2) is 55.3 Å². The van der Waals surface area contributed by atoms with Crippen molar-refractivity contribution in [2.75, 3.05) is 10.6 Å². The zero-order valence-electron chi connectivity index (χ0n) is 20.7. The van der Waals surface area contributed by atoms with Gasteiger partial charge in [-0.25, -0.2) is 9.55 Å². The molecule has 4 heterocycles. The molecule has 35 heavy (non-hydrogen) atoms. The summed E-state index contributed by atoms with van der Waals surface area (Å²) in [6.07, 6.45) is 5.13. The first kappa shape index (κ1) is 24.1. The lowest BCUT2D eigenvalue weighted by molar-refractivity contribution is 0.495. The van der Waals surface area contributed by atoms with Crippen molar-refractivity contribution < 1.29 is 8.83 Å². The van der Waals surface area contributed by atoms with Gasteiger partial charge in [-0.3, -0.25) is 14.2 Å². The van der Waals surface area contributed by atoms with Crippen LogP contribution >= 0.6 is 0 Å². The van der Waals surface area contributed by atoms with E-state index < -0.39 is 0 Å². The van der Waals surface area contributed by atoms with Crippen LogP contribution in [0, 0.1) is 13.8 Å². The highest BCUT2D eigenvalue weighted by molar-refractivity contribution is 5.48. The number of hydrogen-bond acceptors (Lipinski definition) is 8. The minimum Gasteiger partial charge on any atom is -0.431 e.